The van der Waals surface area contributed by atoms with Gasteiger partial charge in [0.05, 0.1) is 5.69 Å². The highest BCUT2D eigenvalue weighted by Crippen LogP contribution is 2.23. The standard InChI is InChI=1S/C13H22ClN3O3S/c1-3-5-6-7-9-15-13(18)11-12(21(14,19)20)10(8-4-2)16-17-11/h3-9H2,1-2H3,(H,15,18)(H,16,17). The van der Waals surface area contributed by atoms with Crippen molar-refractivity contribution in [2.45, 2.75) is 57.3 Å². The van der Waals surface area contributed by atoms with Crippen LogP contribution in [0.3, 0.4) is 0 Å². The highest BCUT2D eigenvalue weighted by molar-refractivity contribution is 8.13. The molecule has 120 valence electrons. The summed E-state index contributed by atoms with van der Waals surface area (Å²) in [5.41, 5.74) is 0.229. The fourth-order valence-electron chi connectivity index (χ4n) is 2.04. The second-order valence-electron chi connectivity index (χ2n) is 4.88. The summed E-state index contributed by atoms with van der Waals surface area (Å²) in [6, 6.07) is 0. The van der Waals surface area contributed by atoms with E-state index < -0.39 is 15.0 Å². The molecule has 21 heavy (non-hydrogen) atoms. The summed E-state index contributed by atoms with van der Waals surface area (Å²) < 4.78 is 23.3. The van der Waals surface area contributed by atoms with Gasteiger partial charge in [-0.05, 0) is 12.8 Å². The van der Waals surface area contributed by atoms with Crippen molar-refractivity contribution < 1.29 is 13.2 Å². The van der Waals surface area contributed by atoms with Gasteiger partial charge in [0.25, 0.3) is 15.0 Å². The first kappa shape index (κ1) is 18.0. The van der Waals surface area contributed by atoms with Crippen LogP contribution in [0.2, 0.25) is 0 Å². The van der Waals surface area contributed by atoms with E-state index in [1.54, 1.807) is 0 Å². The maximum Gasteiger partial charge on any atom is 0.273 e. The molecular formula is C13H22ClN3O3S. The van der Waals surface area contributed by atoms with E-state index >= 15 is 0 Å². The predicted molar refractivity (Wildman–Crippen MR) is 82.1 cm³/mol. The van der Waals surface area contributed by atoms with E-state index in [-0.39, 0.29) is 10.6 Å². The zero-order chi connectivity index (χ0) is 15.9. The number of aromatic nitrogens is 2. The van der Waals surface area contributed by atoms with Crippen molar-refractivity contribution in [3.8, 4) is 0 Å². The van der Waals surface area contributed by atoms with Crippen LogP contribution < -0.4 is 5.32 Å². The molecule has 1 heterocycles. The summed E-state index contributed by atoms with van der Waals surface area (Å²) in [7, 11) is 1.42. The van der Waals surface area contributed by atoms with Crippen LogP contribution in [-0.2, 0) is 15.5 Å². The first-order valence-corrected chi connectivity index (χ1v) is 9.52. The molecule has 2 N–H and O–H groups in total. The van der Waals surface area contributed by atoms with Crippen LogP contribution in [0.25, 0.3) is 0 Å². The molecule has 0 aromatic carbocycles. The van der Waals surface area contributed by atoms with Gasteiger partial charge < -0.3 is 5.32 Å². The fourth-order valence-corrected chi connectivity index (χ4v) is 3.35. The van der Waals surface area contributed by atoms with Gasteiger partial charge in [0.2, 0.25) is 0 Å². The van der Waals surface area contributed by atoms with Gasteiger partial charge >= 0.3 is 0 Å². The van der Waals surface area contributed by atoms with Gasteiger partial charge in [-0.25, -0.2) is 8.42 Å². The van der Waals surface area contributed by atoms with Crippen LogP contribution in [0.4, 0.5) is 0 Å². The van der Waals surface area contributed by atoms with Crippen LogP contribution in [0, 0.1) is 0 Å². The lowest BCUT2D eigenvalue weighted by molar-refractivity contribution is 0.0944. The molecule has 1 aromatic rings. The number of nitrogens with zero attached hydrogens (tertiary/aromatic N) is 1. The molecule has 1 rings (SSSR count). The molecule has 0 spiro atoms. The Bertz CT molecular complexity index is 569. The summed E-state index contributed by atoms with van der Waals surface area (Å²) in [6.07, 6.45) is 5.30. The molecular weight excluding hydrogens is 314 g/mol. The third kappa shape index (κ3) is 5.32. The van der Waals surface area contributed by atoms with Crippen LogP contribution in [0.1, 0.15) is 62.1 Å². The molecule has 0 saturated heterocycles. The molecule has 0 aliphatic heterocycles. The monoisotopic (exact) mass is 335 g/mol. The van der Waals surface area contributed by atoms with Crippen molar-refractivity contribution >= 4 is 25.6 Å². The molecule has 0 aliphatic rings. The maximum absolute atomic E-state index is 12.0. The van der Waals surface area contributed by atoms with Crippen LogP contribution >= 0.6 is 10.7 Å². The summed E-state index contributed by atoms with van der Waals surface area (Å²) >= 11 is 0. The molecule has 1 amide bonds. The van der Waals surface area contributed by atoms with Crippen molar-refractivity contribution in [1.29, 1.82) is 0 Å². The molecule has 0 radical (unpaired) electrons. The van der Waals surface area contributed by atoms with Gasteiger partial charge in [-0.2, -0.15) is 5.10 Å². The van der Waals surface area contributed by atoms with Crippen molar-refractivity contribution in [2.24, 2.45) is 0 Å². The predicted octanol–water partition coefficient (Wildman–Crippen LogP) is 2.60. The van der Waals surface area contributed by atoms with Crippen molar-refractivity contribution in [3.63, 3.8) is 0 Å². The molecule has 0 aliphatic carbocycles. The maximum atomic E-state index is 12.0. The highest BCUT2D eigenvalue weighted by Gasteiger charge is 2.27. The number of H-pyrrole nitrogens is 1. The average molecular weight is 336 g/mol. The molecule has 0 saturated carbocycles. The smallest absolute Gasteiger partial charge is 0.273 e. The van der Waals surface area contributed by atoms with E-state index in [0.29, 0.717) is 18.7 Å². The lowest BCUT2D eigenvalue weighted by Crippen LogP contribution is -2.26. The Balaban J connectivity index is 2.80. The number of unbranched alkanes of at least 4 members (excludes halogenated alkanes) is 3. The lowest BCUT2D eigenvalue weighted by Gasteiger charge is -2.04. The normalized spacial score (nSPS) is 11.6. The molecule has 8 heteroatoms. The van der Waals surface area contributed by atoms with Crippen LogP contribution in [0.15, 0.2) is 4.90 Å². The van der Waals surface area contributed by atoms with Crippen LogP contribution in [-0.4, -0.2) is 31.1 Å². The zero-order valence-corrected chi connectivity index (χ0v) is 14.0. The van der Waals surface area contributed by atoms with Gasteiger partial charge in [0, 0.05) is 17.2 Å². The molecule has 0 unspecified atom stereocenters. The summed E-state index contributed by atoms with van der Waals surface area (Å²) in [5, 5.41) is 9.10. The zero-order valence-electron chi connectivity index (χ0n) is 12.4. The first-order valence-electron chi connectivity index (χ1n) is 7.21. The number of aryl methyl sites for hydroxylation is 1. The number of aromatic amines is 1. The Hall–Kier alpha value is -1.08. The SMILES string of the molecule is CCCCCCNC(=O)c1n[nH]c(CCC)c1S(=O)(=O)Cl. The van der Waals surface area contributed by atoms with E-state index in [9.17, 15) is 13.2 Å². The number of hydrogen-bond acceptors (Lipinski definition) is 4. The number of carbonyl (C=O) groups is 1. The highest BCUT2D eigenvalue weighted by atomic mass is 35.7. The molecule has 1 aromatic heterocycles. The Morgan fingerprint density at radius 1 is 1.24 bits per heavy atom. The average Bonchev–Trinajstić information content (AvgIpc) is 2.82. The number of amides is 1. The first-order chi connectivity index (χ1) is 9.91. The third-order valence-corrected chi connectivity index (χ3v) is 4.46. The van der Waals surface area contributed by atoms with E-state index in [0.717, 1.165) is 32.1 Å². The second-order valence-corrected chi connectivity index (χ2v) is 7.39. The Labute approximate surface area is 130 Å². The lowest BCUT2D eigenvalue weighted by atomic mass is 10.2. The number of carbonyl (C=O) groups excluding carboxylic acids is 1. The van der Waals surface area contributed by atoms with Crippen LogP contribution in [0.5, 0.6) is 0 Å². The Morgan fingerprint density at radius 2 is 1.95 bits per heavy atom. The second kappa shape index (κ2) is 8.38. The Morgan fingerprint density at radius 3 is 2.52 bits per heavy atom. The third-order valence-electron chi connectivity index (χ3n) is 3.07. The van der Waals surface area contributed by atoms with Gasteiger partial charge in [-0.15, -0.1) is 0 Å². The van der Waals surface area contributed by atoms with Gasteiger partial charge in [-0.3, -0.25) is 9.89 Å². The van der Waals surface area contributed by atoms with Gasteiger partial charge in [0.15, 0.2) is 5.69 Å². The summed E-state index contributed by atoms with van der Waals surface area (Å²) in [6.45, 7) is 4.50. The van der Waals surface area contributed by atoms with E-state index in [1.807, 2.05) is 6.92 Å². The number of hydrogen-bond donors (Lipinski definition) is 2. The topological polar surface area (TPSA) is 91.9 Å². The number of nitrogens with one attached hydrogen (secondary N) is 2. The van der Waals surface area contributed by atoms with E-state index in [1.165, 1.54) is 0 Å². The van der Waals surface area contributed by atoms with Gasteiger partial charge in [0.1, 0.15) is 4.90 Å². The molecule has 0 fully saturated rings. The molecule has 0 atom stereocenters. The number of halogens is 1. The minimum atomic E-state index is -4.01. The van der Waals surface area contributed by atoms with E-state index in [4.69, 9.17) is 10.7 Å². The quantitative estimate of drug-likeness (QED) is 0.536. The minimum Gasteiger partial charge on any atom is -0.351 e. The Kier molecular flexibility index (Phi) is 7.17. The van der Waals surface area contributed by atoms with Crippen molar-refractivity contribution in [1.82, 2.24) is 15.5 Å². The minimum absolute atomic E-state index is 0.149. The molecule has 6 nitrogen and oxygen atoms in total. The fraction of sp³-hybridized carbons (Fsp3) is 0.692. The largest absolute Gasteiger partial charge is 0.351 e. The van der Waals surface area contributed by atoms with E-state index in [2.05, 4.69) is 22.4 Å². The summed E-state index contributed by atoms with van der Waals surface area (Å²) in [5.74, 6) is -0.510. The van der Waals surface area contributed by atoms with Crippen molar-refractivity contribution in [3.05, 3.63) is 11.4 Å². The number of rotatable bonds is 9. The molecule has 0 bridgehead atoms. The summed E-state index contributed by atoms with van der Waals surface area (Å²) in [4.78, 5) is 11.8. The van der Waals surface area contributed by atoms with Gasteiger partial charge in [-0.1, -0.05) is 39.5 Å². The van der Waals surface area contributed by atoms with Crippen molar-refractivity contribution in [2.75, 3.05) is 6.54 Å².